The van der Waals surface area contributed by atoms with Gasteiger partial charge in [0.1, 0.15) is 0 Å². The van der Waals surface area contributed by atoms with Gasteiger partial charge in [-0.25, -0.2) is 13.2 Å². The summed E-state index contributed by atoms with van der Waals surface area (Å²) in [7, 11) is -2.68. The molecule has 1 saturated heterocycles. The molecule has 104 valence electrons. The number of carbonyl (C=O) groups is 1. The van der Waals surface area contributed by atoms with Crippen LogP contribution in [0, 0.1) is 0 Å². The molecule has 0 radical (unpaired) electrons. The topological polar surface area (TPSA) is 110 Å². The van der Waals surface area contributed by atoms with E-state index in [0.29, 0.717) is 0 Å². The fraction of sp³-hybridized carbons (Fsp3) is 0.364. The third-order valence-corrected chi connectivity index (χ3v) is 4.73. The first kappa shape index (κ1) is 13.8. The van der Waals surface area contributed by atoms with E-state index >= 15 is 0 Å². The molecule has 1 aromatic rings. The summed E-state index contributed by atoms with van der Waals surface area (Å²) >= 11 is 0. The number of hydrogen-bond acceptors (Lipinski definition) is 6. The van der Waals surface area contributed by atoms with E-state index in [-0.39, 0.29) is 29.2 Å². The fourth-order valence-electron chi connectivity index (χ4n) is 1.78. The number of sulfonamides is 1. The molecule has 0 aliphatic carbocycles. The quantitative estimate of drug-likeness (QED) is 0.568. The number of nitrogen functional groups attached to an aromatic ring is 1. The average Bonchev–Trinajstić information content (AvgIpc) is 2.34. The molecular weight excluding hydrogens is 272 g/mol. The van der Waals surface area contributed by atoms with Gasteiger partial charge in [-0.15, -0.1) is 0 Å². The maximum absolute atomic E-state index is 12.3. The smallest absolute Gasteiger partial charge is 0.339 e. The second-order valence-electron chi connectivity index (χ2n) is 4.22. The van der Waals surface area contributed by atoms with Gasteiger partial charge in [0.05, 0.1) is 23.7 Å². The monoisotopic (exact) mass is 286 g/mol. The lowest BCUT2D eigenvalue weighted by Crippen LogP contribution is -2.53. The summed E-state index contributed by atoms with van der Waals surface area (Å²) in [6.07, 6.45) is -0.669. The van der Waals surface area contributed by atoms with Gasteiger partial charge < -0.3 is 15.6 Å². The zero-order chi connectivity index (χ0) is 14.2. The Bertz CT molecular complexity index is 608. The molecule has 8 heteroatoms. The standard InChI is InChI=1S/C11H14N2O5S/c1-18-11(15)9-3-2-7(12)4-10(9)19(16,17)13-5-8(14)6-13/h2-4,8,14H,5-6,12H2,1H3. The van der Waals surface area contributed by atoms with Crippen molar-refractivity contribution in [3.05, 3.63) is 23.8 Å². The fourth-order valence-corrected chi connectivity index (χ4v) is 3.51. The summed E-state index contributed by atoms with van der Waals surface area (Å²) in [6, 6.07) is 3.95. The first-order valence-electron chi connectivity index (χ1n) is 5.52. The summed E-state index contributed by atoms with van der Waals surface area (Å²) in [5, 5.41) is 9.19. The number of carbonyl (C=O) groups excluding carboxylic acids is 1. The largest absolute Gasteiger partial charge is 0.465 e. The number of β-amino-alcohol motifs (C(OH)–C–C–N with tert-alkyl or cyclic N) is 1. The normalized spacial score (nSPS) is 16.9. The summed E-state index contributed by atoms with van der Waals surface area (Å²) in [4.78, 5) is 11.4. The van der Waals surface area contributed by atoms with Crippen LogP contribution < -0.4 is 5.73 Å². The van der Waals surface area contributed by atoms with Crippen LogP contribution >= 0.6 is 0 Å². The Morgan fingerprint density at radius 3 is 2.63 bits per heavy atom. The van der Waals surface area contributed by atoms with Gasteiger partial charge in [0.25, 0.3) is 0 Å². The first-order chi connectivity index (χ1) is 8.86. The van der Waals surface area contributed by atoms with Crippen molar-refractivity contribution in [3.63, 3.8) is 0 Å². The van der Waals surface area contributed by atoms with Crippen molar-refractivity contribution in [3.8, 4) is 0 Å². The van der Waals surface area contributed by atoms with Gasteiger partial charge in [-0.2, -0.15) is 4.31 Å². The van der Waals surface area contributed by atoms with E-state index in [1.165, 1.54) is 25.3 Å². The maximum Gasteiger partial charge on any atom is 0.339 e. The van der Waals surface area contributed by atoms with Crippen LogP contribution in [0.25, 0.3) is 0 Å². The second-order valence-corrected chi connectivity index (χ2v) is 6.13. The van der Waals surface area contributed by atoms with Crippen LogP contribution in [0.2, 0.25) is 0 Å². The number of nitrogens with zero attached hydrogens (tertiary/aromatic N) is 1. The van der Waals surface area contributed by atoms with Crippen molar-refractivity contribution in [2.75, 3.05) is 25.9 Å². The van der Waals surface area contributed by atoms with Crippen LogP contribution in [0.3, 0.4) is 0 Å². The molecular formula is C11H14N2O5S. The lowest BCUT2D eigenvalue weighted by molar-refractivity contribution is 0.0543. The van der Waals surface area contributed by atoms with E-state index in [9.17, 15) is 18.3 Å². The molecule has 0 atom stereocenters. The summed E-state index contributed by atoms with van der Waals surface area (Å²) < 4.78 is 30.2. The molecule has 0 aromatic heterocycles. The third-order valence-electron chi connectivity index (χ3n) is 2.86. The highest BCUT2D eigenvalue weighted by Crippen LogP contribution is 2.26. The number of methoxy groups -OCH3 is 1. The Balaban J connectivity index is 2.48. The molecule has 1 aliphatic rings. The SMILES string of the molecule is COC(=O)c1ccc(N)cc1S(=O)(=O)N1CC(O)C1. The molecule has 0 saturated carbocycles. The van der Waals surface area contributed by atoms with Crippen LogP contribution in [-0.4, -0.2) is 50.1 Å². The van der Waals surface area contributed by atoms with Crippen molar-refractivity contribution in [1.82, 2.24) is 4.31 Å². The average molecular weight is 286 g/mol. The van der Waals surface area contributed by atoms with E-state index < -0.39 is 22.1 Å². The van der Waals surface area contributed by atoms with Gasteiger partial charge in [-0.05, 0) is 18.2 Å². The predicted octanol–water partition coefficient (Wildman–Crippen LogP) is -0.579. The van der Waals surface area contributed by atoms with Crippen LogP contribution in [0.1, 0.15) is 10.4 Å². The van der Waals surface area contributed by atoms with E-state index in [1.54, 1.807) is 0 Å². The number of nitrogens with two attached hydrogens (primary N) is 1. The lowest BCUT2D eigenvalue weighted by atomic mass is 10.2. The predicted molar refractivity (Wildman–Crippen MR) is 67.0 cm³/mol. The zero-order valence-corrected chi connectivity index (χ0v) is 11.1. The Hall–Kier alpha value is -1.64. The number of hydrogen-bond donors (Lipinski definition) is 2. The molecule has 3 N–H and O–H groups in total. The van der Waals surface area contributed by atoms with E-state index in [2.05, 4.69) is 4.74 Å². The van der Waals surface area contributed by atoms with E-state index in [1.807, 2.05) is 0 Å². The maximum atomic E-state index is 12.3. The molecule has 1 heterocycles. The molecule has 0 bridgehead atoms. The van der Waals surface area contributed by atoms with Crippen molar-refractivity contribution in [1.29, 1.82) is 0 Å². The number of aliphatic hydroxyl groups excluding tert-OH is 1. The molecule has 1 aromatic carbocycles. The molecule has 0 spiro atoms. The molecule has 0 unspecified atom stereocenters. The Labute approximate surface area is 110 Å². The highest BCUT2D eigenvalue weighted by Gasteiger charge is 2.37. The number of esters is 1. The summed E-state index contributed by atoms with van der Waals surface area (Å²) in [5.74, 6) is -0.750. The summed E-state index contributed by atoms with van der Waals surface area (Å²) in [6.45, 7) is 0.0233. The van der Waals surface area contributed by atoms with Gasteiger partial charge >= 0.3 is 5.97 Å². The van der Waals surface area contributed by atoms with Crippen LogP contribution in [0.15, 0.2) is 23.1 Å². The molecule has 1 fully saturated rings. The Kier molecular flexibility index (Phi) is 3.48. The molecule has 2 rings (SSSR count). The number of aliphatic hydroxyl groups is 1. The molecule has 1 aliphatic heterocycles. The zero-order valence-electron chi connectivity index (χ0n) is 10.2. The van der Waals surface area contributed by atoms with Gasteiger partial charge in [0.2, 0.25) is 10.0 Å². The number of benzene rings is 1. The number of anilines is 1. The number of rotatable bonds is 3. The van der Waals surface area contributed by atoms with Gasteiger partial charge in [-0.3, -0.25) is 0 Å². The Morgan fingerprint density at radius 2 is 2.11 bits per heavy atom. The minimum atomic E-state index is -3.85. The highest BCUT2D eigenvalue weighted by atomic mass is 32.2. The first-order valence-corrected chi connectivity index (χ1v) is 6.96. The van der Waals surface area contributed by atoms with Crippen LogP contribution in [0.5, 0.6) is 0 Å². The van der Waals surface area contributed by atoms with Crippen LogP contribution in [0.4, 0.5) is 5.69 Å². The van der Waals surface area contributed by atoms with Gasteiger partial charge in [0.15, 0.2) is 0 Å². The van der Waals surface area contributed by atoms with Gasteiger partial charge in [-0.1, -0.05) is 0 Å². The number of ether oxygens (including phenoxy) is 1. The molecule has 7 nitrogen and oxygen atoms in total. The van der Waals surface area contributed by atoms with E-state index in [4.69, 9.17) is 5.73 Å². The van der Waals surface area contributed by atoms with Gasteiger partial charge in [0, 0.05) is 18.8 Å². The molecule has 0 amide bonds. The van der Waals surface area contributed by atoms with Crippen molar-refractivity contribution < 1.29 is 23.1 Å². The third kappa shape index (κ3) is 2.42. The minimum Gasteiger partial charge on any atom is -0.465 e. The van der Waals surface area contributed by atoms with Crippen molar-refractivity contribution >= 4 is 21.7 Å². The van der Waals surface area contributed by atoms with Crippen molar-refractivity contribution in [2.24, 2.45) is 0 Å². The van der Waals surface area contributed by atoms with Crippen LogP contribution in [-0.2, 0) is 14.8 Å². The van der Waals surface area contributed by atoms with E-state index in [0.717, 1.165) is 4.31 Å². The Morgan fingerprint density at radius 1 is 1.47 bits per heavy atom. The minimum absolute atomic E-state index is 0.0117. The summed E-state index contributed by atoms with van der Waals surface area (Å²) in [5.41, 5.74) is 5.73. The van der Waals surface area contributed by atoms with Crippen molar-refractivity contribution in [2.45, 2.75) is 11.0 Å². The highest BCUT2D eigenvalue weighted by molar-refractivity contribution is 7.89. The molecule has 19 heavy (non-hydrogen) atoms. The lowest BCUT2D eigenvalue weighted by Gasteiger charge is -2.34. The second kappa shape index (κ2) is 4.80.